The van der Waals surface area contributed by atoms with Crippen molar-refractivity contribution in [1.82, 2.24) is 9.80 Å². The highest BCUT2D eigenvalue weighted by Crippen LogP contribution is 2.35. The molecule has 0 fully saturated rings. The van der Waals surface area contributed by atoms with Crippen molar-refractivity contribution in [3.8, 4) is 5.75 Å². The Morgan fingerprint density at radius 1 is 0.980 bits per heavy atom. The molecule has 0 spiro atoms. The van der Waals surface area contributed by atoms with E-state index in [2.05, 4.69) is 10.2 Å². The number of hydrogen-bond donors (Lipinski definition) is 2. The van der Waals surface area contributed by atoms with E-state index in [0.717, 1.165) is 28.8 Å². The summed E-state index contributed by atoms with van der Waals surface area (Å²) < 4.78 is 59.3. The summed E-state index contributed by atoms with van der Waals surface area (Å²) in [5.41, 5.74) is 3.10. The fourth-order valence-corrected chi connectivity index (χ4v) is 6.08. The van der Waals surface area contributed by atoms with Crippen molar-refractivity contribution < 1.29 is 37.0 Å². The van der Waals surface area contributed by atoms with Gasteiger partial charge in [-0.15, -0.1) is 0 Å². The summed E-state index contributed by atoms with van der Waals surface area (Å²) >= 11 is 0. The quantitative estimate of drug-likeness (QED) is 0.166. The Kier molecular flexibility index (Phi) is 11.6. The number of halogens is 4. The van der Waals surface area contributed by atoms with Crippen LogP contribution in [0.5, 0.6) is 5.75 Å². The van der Waals surface area contributed by atoms with E-state index in [1.54, 1.807) is 36.1 Å². The Balaban J connectivity index is 1.33. The molecule has 4 aromatic rings. The fraction of sp³-hybridized carbons (Fsp3) is 0.333. The van der Waals surface area contributed by atoms with Gasteiger partial charge in [0.2, 0.25) is 5.91 Å². The maximum absolute atomic E-state index is 13.8. The number of nitrogens with one attached hydrogen (secondary N) is 1. The van der Waals surface area contributed by atoms with E-state index in [-0.39, 0.29) is 47.7 Å². The number of carbonyl (C=O) groups excluding carboxylic acids is 2. The van der Waals surface area contributed by atoms with Crippen LogP contribution >= 0.6 is 0 Å². The zero-order valence-corrected chi connectivity index (χ0v) is 28.2. The maximum Gasteiger partial charge on any atom is 0.416 e. The molecule has 5 rings (SSSR count). The van der Waals surface area contributed by atoms with Gasteiger partial charge in [-0.3, -0.25) is 14.5 Å². The first-order chi connectivity index (χ1) is 23.8. The van der Waals surface area contributed by atoms with Gasteiger partial charge in [-0.1, -0.05) is 61.5 Å². The lowest BCUT2D eigenvalue weighted by atomic mass is 9.98. The highest BCUT2D eigenvalue weighted by Gasteiger charge is 2.35. The highest BCUT2D eigenvalue weighted by atomic mass is 19.4. The van der Waals surface area contributed by atoms with E-state index < -0.39 is 29.8 Å². The Hall–Kier alpha value is -4.74. The number of benzene rings is 4. The zero-order chi connectivity index (χ0) is 36.0. The molecule has 0 aliphatic carbocycles. The second kappa shape index (κ2) is 15.9. The minimum Gasteiger partial charge on any atom is -0.486 e. The summed E-state index contributed by atoms with van der Waals surface area (Å²) in [5, 5.41) is 12.8. The number of anilines is 1. The molecule has 2 N–H and O–H groups in total. The summed E-state index contributed by atoms with van der Waals surface area (Å²) in [4.78, 5) is 30.7. The summed E-state index contributed by atoms with van der Waals surface area (Å²) in [6.45, 7) is 4.90. The van der Waals surface area contributed by atoms with Gasteiger partial charge in [-0.05, 0) is 79.0 Å². The van der Waals surface area contributed by atoms with E-state index in [1.807, 2.05) is 44.3 Å². The number of ether oxygens (including phenoxy) is 1. The lowest BCUT2D eigenvalue weighted by molar-refractivity contribution is -0.137. The molecule has 0 saturated carbocycles. The topological polar surface area (TPSA) is 82.1 Å². The smallest absolute Gasteiger partial charge is 0.416 e. The highest BCUT2D eigenvalue weighted by molar-refractivity contribution is 6.02. The first-order valence-electron chi connectivity index (χ1n) is 16.5. The van der Waals surface area contributed by atoms with Gasteiger partial charge < -0.3 is 20.1 Å². The Bertz CT molecular complexity index is 1780. The lowest BCUT2D eigenvalue weighted by Gasteiger charge is -2.38. The number of fused-ring (bicyclic) bond motifs is 1. The van der Waals surface area contributed by atoms with Crippen molar-refractivity contribution in [2.75, 3.05) is 32.1 Å². The largest absolute Gasteiger partial charge is 0.486 e. The molecule has 0 radical (unpaired) electrons. The number of aliphatic hydroxyl groups excluding tert-OH is 1. The van der Waals surface area contributed by atoms with E-state index in [1.165, 1.54) is 24.3 Å². The van der Waals surface area contributed by atoms with Gasteiger partial charge in [0.25, 0.3) is 5.91 Å². The molecule has 2 amide bonds. The van der Waals surface area contributed by atoms with Gasteiger partial charge in [0.15, 0.2) is 5.75 Å². The number of nitrogens with zero attached hydrogens (tertiary/aromatic N) is 2. The zero-order valence-electron chi connectivity index (χ0n) is 28.2. The van der Waals surface area contributed by atoms with Crippen LogP contribution in [0.15, 0.2) is 91.0 Å². The molecule has 1 aliphatic rings. The molecule has 7 nitrogen and oxygen atoms in total. The number of rotatable bonds is 11. The van der Waals surface area contributed by atoms with E-state index >= 15 is 0 Å². The predicted octanol–water partition coefficient (Wildman–Crippen LogP) is 6.97. The number of para-hydroxylation sites is 1. The van der Waals surface area contributed by atoms with Crippen LogP contribution in [0.4, 0.5) is 23.2 Å². The molecule has 4 aromatic carbocycles. The van der Waals surface area contributed by atoms with Gasteiger partial charge in [0, 0.05) is 25.6 Å². The Morgan fingerprint density at radius 2 is 1.64 bits per heavy atom. The van der Waals surface area contributed by atoms with Gasteiger partial charge >= 0.3 is 6.18 Å². The normalized spacial score (nSPS) is 17.1. The number of amides is 2. The first kappa shape index (κ1) is 36.5. The number of carbonyl (C=O) groups is 2. The van der Waals surface area contributed by atoms with Crippen LogP contribution < -0.4 is 10.1 Å². The predicted molar refractivity (Wildman–Crippen MR) is 183 cm³/mol. The molecule has 3 atom stereocenters. The molecule has 0 bridgehead atoms. The molecular weight excluding hydrogens is 650 g/mol. The van der Waals surface area contributed by atoms with Gasteiger partial charge in [0.1, 0.15) is 11.9 Å². The van der Waals surface area contributed by atoms with Gasteiger partial charge in [-0.2, -0.15) is 13.2 Å². The first-order valence-corrected chi connectivity index (χ1v) is 16.5. The molecule has 11 heteroatoms. The van der Waals surface area contributed by atoms with Crippen molar-refractivity contribution in [1.29, 1.82) is 0 Å². The third-order valence-corrected chi connectivity index (χ3v) is 8.88. The molecule has 50 heavy (non-hydrogen) atoms. The molecule has 0 saturated heterocycles. The van der Waals surface area contributed by atoms with Crippen LogP contribution in [-0.2, 0) is 30.4 Å². The number of hydrogen-bond acceptors (Lipinski definition) is 5. The molecule has 1 heterocycles. The third-order valence-electron chi connectivity index (χ3n) is 8.88. The van der Waals surface area contributed by atoms with Crippen LogP contribution in [0.3, 0.4) is 0 Å². The second-order valence-electron chi connectivity index (χ2n) is 13.0. The van der Waals surface area contributed by atoms with Crippen LogP contribution in [0.25, 0.3) is 0 Å². The summed E-state index contributed by atoms with van der Waals surface area (Å²) in [6, 6.07) is 23.5. The Morgan fingerprint density at radius 3 is 2.30 bits per heavy atom. The number of aliphatic hydroxyl groups is 1. The van der Waals surface area contributed by atoms with E-state index in [9.17, 15) is 32.3 Å². The van der Waals surface area contributed by atoms with Crippen molar-refractivity contribution in [3.63, 3.8) is 0 Å². The van der Waals surface area contributed by atoms with E-state index in [0.29, 0.717) is 31.6 Å². The lowest BCUT2D eigenvalue weighted by Crippen LogP contribution is -2.49. The maximum atomic E-state index is 13.8. The SMILES string of the molecule is C[C@@H]1CN([C@@H](C)CO)C(=O)c2cccc(NC(=O)Cc3ccc(C(F)(F)F)cc3)c2O[C@@H]1CN(C)Cc1ccc(Cc2cccc(F)c2)cc1. The van der Waals surface area contributed by atoms with Gasteiger partial charge in [0.05, 0.1) is 35.9 Å². The number of likely N-dealkylation sites (N-methyl/N-ethyl adjacent to an activating group) is 1. The van der Waals surface area contributed by atoms with Crippen molar-refractivity contribution in [3.05, 3.63) is 130 Å². The van der Waals surface area contributed by atoms with Crippen LogP contribution in [0.2, 0.25) is 0 Å². The summed E-state index contributed by atoms with van der Waals surface area (Å²) in [7, 11) is 1.97. The minimum absolute atomic E-state index is 0.173. The van der Waals surface area contributed by atoms with Crippen molar-refractivity contribution in [2.24, 2.45) is 5.92 Å². The molecule has 0 aromatic heterocycles. The van der Waals surface area contributed by atoms with Crippen LogP contribution in [0, 0.1) is 11.7 Å². The standard InChI is InChI=1S/C39H41F4N3O4/c1-25-21-46(26(2)24-47)38(49)33-8-5-9-34(44-36(48)20-28-14-16-31(17-15-28)39(41,42)43)37(33)50-35(25)23-45(3)22-29-12-10-27(11-13-29)18-30-6-4-7-32(40)19-30/h4-17,19,25-26,35,47H,18,20-24H2,1-3H3,(H,44,48)/t25-,26+,35-/m1/s1. The van der Waals surface area contributed by atoms with Crippen molar-refractivity contribution >= 4 is 17.5 Å². The average molecular weight is 692 g/mol. The summed E-state index contributed by atoms with van der Waals surface area (Å²) in [6.07, 6.45) is -4.48. The fourth-order valence-electron chi connectivity index (χ4n) is 6.08. The molecule has 0 unspecified atom stereocenters. The monoisotopic (exact) mass is 691 g/mol. The minimum atomic E-state index is -4.48. The number of alkyl halides is 3. The van der Waals surface area contributed by atoms with Gasteiger partial charge in [-0.25, -0.2) is 4.39 Å². The average Bonchev–Trinajstić information content (AvgIpc) is 3.07. The second-order valence-corrected chi connectivity index (χ2v) is 13.0. The molecular formula is C39H41F4N3O4. The van der Waals surface area contributed by atoms with Crippen molar-refractivity contribution in [2.45, 2.75) is 51.6 Å². The Labute approximate surface area is 289 Å². The van der Waals surface area contributed by atoms with E-state index in [4.69, 9.17) is 4.74 Å². The van der Waals surface area contributed by atoms with Crippen LogP contribution in [-0.4, -0.2) is 65.6 Å². The summed E-state index contributed by atoms with van der Waals surface area (Å²) in [5.74, 6) is -1.08. The molecule has 1 aliphatic heterocycles. The third kappa shape index (κ3) is 9.28. The van der Waals surface area contributed by atoms with Crippen LogP contribution in [0.1, 0.15) is 52.0 Å². The molecule has 264 valence electrons.